The summed E-state index contributed by atoms with van der Waals surface area (Å²) < 4.78 is 0. The molecule has 0 spiro atoms. The molecule has 0 atom stereocenters. The van der Waals surface area contributed by atoms with E-state index in [1.54, 1.807) is 48.8 Å². The number of amides is 2. The fourth-order valence-corrected chi connectivity index (χ4v) is 2.65. The van der Waals surface area contributed by atoms with Gasteiger partial charge < -0.3 is 15.5 Å². The maximum Gasteiger partial charge on any atom is 0.276 e. The summed E-state index contributed by atoms with van der Waals surface area (Å²) in [6, 6.07) is 14.2. The maximum atomic E-state index is 12.4. The van der Waals surface area contributed by atoms with Crippen LogP contribution in [0.25, 0.3) is 0 Å². The van der Waals surface area contributed by atoms with Crippen LogP contribution in [0.4, 0.5) is 17.2 Å². The molecule has 0 saturated carbocycles. The fraction of sp³-hybridized carbons (Fsp3) is 0.190. The molecule has 29 heavy (non-hydrogen) atoms. The molecule has 0 aliphatic carbocycles. The maximum absolute atomic E-state index is 12.4. The van der Waals surface area contributed by atoms with Crippen molar-refractivity contribution >= 4 is 29.0 Å². The van der Waals surface area contributed by atoms with E-state index in [1.807, 2.05) is 24.1 Å². The van der Waals surface area contributed by atoms with Crippen molar-refractivity contribution < 1.29 is 9.59 Å². The van der Waals surface area contributed by atoms with Gasteiger partial charge in [0.25, 0.3) is 5.91 Å². The second-order valence-electron chi connectivity index (χ2n) is 6.52. The molecule has 0 fully saturated rings. The van der Waals surface area contributed by atoms with Crippen LogP contribution in [0.15, 0.2) is 60.9 Å². The highest BCUT2D eigenvalue weighted by atomic mass is 16.2. The lowest BCUT2D eigenvalue weighted by atomic mass is 10.2. The molecule has 0 aliphatic heterocycles. The van der Waals surface area contributed by atoms with Gasteiger partial charge in [0.05, 0.1) is 0 Å². The summed E-state index contributed by atoms with van der Waals surface area (Å²) in [6.07, 6.45) is 4.41. The number of anilines is 3. The van der Waals surface area contributed by atoms with Crippen LogP contribution in [0.3, 0.4) is 0 Å². The van der Waals surface area contributed by atoms with Crippen molar-refractivity contribution in [1.29, 1.82) is 0 Å². The van der Waals surface area contributed by atoms with Crippen LogP contribution in [0.5, 0.6) is 0 Å². The minimum absolute atomic E-state index is 0.150. The average molecular weight is 390 g/mol. The number of pyridine rings is 1. The molecule has 0 unspecified atom stereocenters. The number of nitrogens with one attached hydrogen (secondary N) is 2. The monoisotopic (exact) mass is 390 g/mol. The average Bonchev–Trinajstić information content (AvgIpc) is 2.74. The van der Waals surface area contributed by atoms with Gasteiger partial charge in [0.2, 0.25) is 5.91 Å². The number of aromatic nitrogens is 3. The number of benzene rings is 1. The molecule has 2 aromatic heterocycles. The number of carbonyl (C=O) groups is 2. The molecule has 3 rings (SSSR count). The van der Waals surface area contributed by atoms with Crippen LogP contribution in [0.1, 0.15) is 23.0 Å². The third-order valence-corrected chi connectivity index (χ3v) is 4.22. The Kier molecular flexibility index (Phi) is 6.47. The standard InChI is InChI=1S/C21H22N6O2/c1-15(28)23-17-3-5-18(6-4-17)24-21(29)19-7-8-20(26-25-19)27(2)14-11-16-9-12-22-13-10-16/h3-10,12-13H,11,14H2,1-2H3,(H,23,28)(H,24,29). The van der Waals surface area contributed by atoms with E-state index in [4.69, 9.17) is 0 Å². The first-order valence-electron chi connectivity index (χ1n) is 9.14. The zero-order valence-electron chi connectivity index (χ0n) is 16.3. The normalized spacial score (nSPS) is 10.3. The molecule has 2 heterocycles. The van der Waals surface area contributed by atoms with Gasteiger partial charge in [0.15, 0.2) is 11.5 Å². The molecular formula is C21H22N6O2. The minimum atomic E-state index is -0.351. The SMILES string of the molecule is CC(=O)Nc1ccc(NC(=O)c2ccc(N(C)CCc3ccncc3)nn2)cc1. The van der Waals surface area contributed by atoms with Gasteiger partial charge in [-0.05, 0) is 60.5 Å². The Bertz CT molecular complexity index is 959. The number of rotatable bonds is 7. The van der Waals surface area contributed by atoms with Crippen molar-refractivity contribution in [3.63, 3.8) is 0 Å². The summed E-state index contributed by atoms with van der Waals surface area (Å²) in [5.74, 6) is 0.189. The number of hydrogen-bond acceptors (Lipinski definition) is 6. The van der Waals surface area contributed by atoms with Crippen LogP contribution in [0, 0.1) is 0 Å². The molecule has 0 radical (unpaired) electrons. The van der Waals surface area contributed by atoms with Gasteiger partial charge in [-0.25, -0.2) is 0 Å². The zero-order valence-corrected chi connectivity index (χ0v) is 16.3. The third kappa shape index (κ3) is 5.83. The summed E-state index contributed by atoms with van der Waals surface area (Å²) in [7, 11) is 1.93. The van der Waals surface area contributed by atoms with Crippen molar-refractivity contribution in [1.82, 2.24) is 15.2 Å². The van der Waals surface area contributed by atoms with Crippen LogP contribution in [-0.4, -0.2) is 40.6 Å². The summed E-state index contributed by atoms with van der Waals surface area (Å²) >= 11 is 0. The van der Waals surface area contributed by atoms with Crippen LogP contribution >= 0.6 is 0 Å². The van der Waals surface area contributed by atoms with Crippen molar-refractivity contribution in [3.8, 4) is 0 Å². The number of carbonyl (C=O) groups excluding carboxylic acids is 2. The Labute approximate surface area is 169 Å². The summed E-state index contributed by atoms with van der Waals surface area (Å²) in [5, 5.41) is 13.6. The van der Waals surface area contributed by atoms with Gasteiger partial charge in [-0.15, -0.1) is 10.2 Å². The van der Waals surface area contributed by atoms with E-state index < -0.39 is 0 Å². The third-order valence-electron chi connectivity index (χ3n) is 4.22. The number of hydrogen-bond donors (Lipinski definition) is 2. The fourth-order valence-electron chi connectivity index (χ4n) is 2.65. The van der Waals surface area contributed by atoms with Gasteiger partial charge >= 0.3 is 0 Å². The van der Waals surface area contributed by atoms with Gasteiger partial charge in [-0.1, -0.05) is 0 Å². The number of likely N-dealkylation sites (N-methyl/N-ethyl adjacent to an activating group) is 1. The Hall–Kier alpha value is -3.81. The molecule has 3 aromatic rings. The smallest absolute Gasteiger partial charge is 0.276 e. The highest BCUT2D eigenvalue weighted by molar-refractivity contribution is 6.03. The van der Waals surface area contributed by atoms with Crippen LogP contribution in [0.2, 0.25) is 0 Å². The van der Waals surface area contributed by atoms with Gasteiger partial charge in [0, 0.05) is 44.3 Å². The molecule has 8 heteroatoms. The highest BCUT2D eigenvalue weighted by Crippen LogP contribution is 2.15. The predicted octanol–water partition coefficient (Wildman–Crippen LogP) is 2.76. The Morgan fingerprint density at radius 2 is 1.55 bits per heavy atom. The molecule has 148 valence electrons. The first kappa shape index (κ1) is 19.9. The highest BCUT2D eigenvalue weighted by Gasteiger charge is 2.10. The molecular weight excluding hydrogens is 368 g/mol. The molecule has 0 aliphatic rings. The van der Waals surface area contributed by atoms with E-state index in [0.29, 0.717) is 17.2 Å². The van der Waals surface area contributed by atoms with Crippen molar-refractivity contribution in [2.75, 3.05) is 29.1 Å². The minimum Gasteiger partial charge on any atom is -0.358 e. The van der Waals surface area contributed by atoms with Gasteiger partial charge in [-0.2, -0.15) is 0 Å². The lowest BCUT2D eigenvalue weighted by Crippen LogP contribution is -2.22. The Morgan fingerprint density at radius 3 is 2.14 bits per heavy atom. The van der Waals surface area contributed by atoms with E-state index in [-0.39, 0.29) is 17.5 Å². The van der Waals surface area contributed by atoms with Crippen molar-refractivity contribution in [3.05, 3.63) is 72.2 Å². The Morgan fingerprint density at radius 1 is 0.897 bits per heavy atom. The van der Waals surface area contributed by atoms with Crippen molar-refractivity contribution in [2.45, 2.75) is 13.3 Å². The van der Waals surface area contributed by atoms with Gasteiger partial charge in [-0.3, -0.25) is 14.6 Å². The van der Waals surface area contributed by atoms with Crippen LogP contribution < -0.4 is 15.5 Å². The quantitative estimate of drug-likeness (QED) is 0.643. The second-order valence-corrected chi connectivity index (χ2v) is 6.52. The van der Waals surface area contributed by atoms with E-state index in [0.717, 1.165) is 13.0 Å². The first-order chi connectivity index (χ1) is 14.0. The molecule has 1 aromatic carbocycles. The largest absolute Gasteiger partial charge is 0.358 e. The molecule has 0 saturated heterocycles. The molecule has 2 N–H and O–H groups in total. The summed E-state index contributed by atoms with van der Waals surface area (Å²) in [4.78, 5) is 29.4. The Balaban J connectivity index is 1.56. The lowest BCUT2D eigenvalue weighted by Gasteiger charge is -2.17. The van der Waals surface area contributed by atoms with Crippen LogP contribution in [-0.2, 0) is 11.2 Å². The lowest BCUT2D eigenvalue weighted by molar-refractivity contribution is -0.114. The van der Waals surface area contributed by atoms with E-state index in [9.17, 15) is 9.59 Å². The predicted molar refractivity (Wildman–Crippen MR) is 112 cm³/mol. The zero-order chi connectivity index (χ0) is 20.6. The van der Waals surface area contributed by atoms with E-state index in [1.165, 1.54) is 12.5 Å². The molecule has 0 bridgehead atoms. The topological polar surface area (TPSA) is 100 Å². The second kappa shape index (κ2) is 9.41. The number of nitrogens with zero attached hydrogens (tertiary/aromatic N) is 4. The summed E-state index contributed by atoms with van der Waals surface area (Å²) in [5.41, 5.74) is 2.68. The van der Waals surface area contributed by atoms with Gasteiger partial charge in [0.1, 0.15) is 0 Å². The molecule has 8 nitrogen and oxygen atoms in total. The summed E-state index contributed by atoms with van der Waals surface area (Å²) in [6.45, 7) is 2.21. The van der Waals surface area contributed by atoms with E-state index >= 15 is 0 Å². The molecule has 2 amide bonds. The van der Waals surface area contributed by atoms with Crippen molar-refractivity contribution in [2.24, 2.45) is 0 Å². The first-order valence-corrected chi connectivity index (χ1v) is 9.14. The van der Waals surface area contributed by atoms with E-state index in [2.05, 4.69) is 25.8 Å².